The van der Waals surface area contributed by atoms with Gasteiger partial charge >= 0.3 is 0 Å². The number of hydrogen-bond donors (Lipinski definition) is 1. The van der Waals surface area contributed by atoms with Crippen molar-refractivity contribution in [2.24, 2.45) is 0 Å². The zero-order chi connectivity index (χ0) is 16.4. The van der Waals surface area contributed by atoms with E-state index in [-0.39, 0.29) is 43.1 Å². The third-order valence-electron chi connectivity index (χ3n) is 4.12. The molecular formula is C18H18N2O3. The Balaban J connectivity index is 1.73. The van der Waals surface area contributed by atoms with Crippen molar-refractivity contribution >= 4 is 28.5 Å². The van der Waals surface area contributed by atoms with Gasteiger partial charge in [0, 0.05) is 12.8 Å². The SMILES string of the molecule is C[C@H](NC(=O)CN1C(=O)CCC1=O)c1cccc2ccccc12. The average molecular weight is 310 g/mol. The highest BCUT2D eigenvalue weighted by Gasteiger charge is 2.30. The number of benzene rings is 2. The zero-order valence-electron chi connectivity index (χ0n) is 12.9. The predicted octanol–water partition coefficient (Wildman–Crippen LogP) is 2.17. The van der Waals surface area contributed by atoms with E-state index in [2.05, 4.69) is 5.32 Å². The van der Waals surface area contributed by atoms with Crippen LogP contribution in [0.1, 0.15) is 31.4 Å². The predicted molar refractivity (Wildman–Crippen MR) is 86.5 cm³/mol. The Hall–Kier alpha value is -2.69. The molecule has 0 aliphatic carbocycles. The topological polar surface area (TPSA) is 66.5 Å². The minimum absolute atomic E-state index is 0.199. The van der Waals surface area contributed by atoms with E-state index in [0.29, 0.717) is 0 Å². The van der Waals surface area contributed by atoms with Crippen LogP contribution in [0.25, 0.3) is 10.8 Å². The molecule has 3 amide bonds. The normalized spacial score (nSPS) is 16.0. The van der Waals surface area contributed by atoms with Crippen LogP contribution < -0.4 is 5.32 Å². The molecule has 1 aliphatic heterocycles. The Morgan fingerprint density at radius 1 is 1.09 bits per heavy atom. The van der Waals surface area contributed by atoms with Crippen molar-refractivity contribution in [3.8, 4) is 0 Å². The first kappa shape index (κ1) is 15.2. The molecule has 5 nitrogen and oxygen atoms in total. The largest absolute Gasteiger partial charge is 0.348 e. The van der Waals surface area contributed by atoms with Gasteiger partial charge in [0.2, 0.25) is 17.7 Å². The smallest absolute Gasteiger partial charge is 0.240 e. The minimum atomic E-state index is -0.325. The number of fused-ring (bicyclic) bond motifs is 1. The van der Waals surface area contributed by atoms with Crippen LogP contribution in [0, 0.1) is 0 Å². The molecule has 0 bridgehead atoms. The summed E-state index contributed by atoms with van der Waals surface area (Å²) >= 11 is 0. The summed E-state index contributed by atoms with van der Waals surface area (Å²) in [7, 11) is 0. The summed E-state index contributed by atoms with van der Waals surface area (Å²) in [5.41, 5.74) is 1.01. The van der Waals surface area contributed by atoms with Gasteiger partial charge in [-0.05, 0) is 23.3 Å². The number of likely N-dealkylation sites (tertiary alicyclic amines) is 1. The van der Waals surface area contributed by atoms with Gasteiger partial charge in [0.15, 0.2) is 0 Å². The van der Waals surface area contributed by atoms with Crippen LogP contribution in [-0.2, 0) is 14.4 Å². The lowest BCUT2D eigenvalue weighted by molar-refractivity contribution is -0.142. The maximum atomic E-state index is 12.2. The number of hydrogen-bond acceptors (Lipinski definition) is 3. The highest BCUT2D eigenvalue weighted by atomic mass is 16.2. The number of carbonyl (C=O) groups is 3. The van der Waals surface area contributed by atoms with Crippen molar-refractivity contribution in [2.75, 3.05) is 6.54 Å². The van der Waals surface area contributed by atoms with Crippen molar-refractivity contribution in [1.29, 1.82) is 0 Å². The summed E-state index contributed by atoms with van der Waals surface area (Å²) in [5.74, 6) is -0.875. The lowest BCUT2D eigenvalue weighted by Crippen LogP contribution is -2.40. The lowest BCUT2D eigenvalue weighted by atomic mass is 10.00. The molecule has 0 aromatic heterocycles. The van der Waals surface area contributed by atoms with Crippen LogP contribution in [0.5, 0.6) is 0 Å². The first-order chi connectivity index (χ1) is 11.1. The molecule has 1 atom stereocenters. The maximum Gasteiger partial charge on any atom is 0.240 e. The molecule has 118 valence electrons. The summed E-state index contributed by atoms with van der Waals surface area (Å²) < 4.78 is 0. The third kappa shape index (κ3) is 3.08. The van der Waals surface area contributed by atoms with Crippen molar-refractivity contribution in [1.82, 2.24) is 10.2 Å². The van der Waals surface area contributed by atoms with E-state index in [9.17, 15) is 14.4 Å². The summed E-state index contributed by atoms with van der Waals surface area (Å²) in [6.45, 7) is 1.69. The highest BCUT2D eigenvalue weighted by Crippen LogP contribution is 2.24. The Morgan fingerprint density at radius 2 is 1.74 bits per heavy atom. The fourth-order valence-electron chi connectivity index (χ4n) is 2.94. The van der Waals surface area contributed by atoms with Gasteiger partial charge < -0.3 is 5.32 Å². The van der Waals surface area contributed by atoms with Gasteiger partial charge in [0.05, 0.1) is 6.04 Å². The molecule has 1 saturated heterocycles. The van der Waals surface area contributed by atoms with E-state index in [1.165, 1.54) is 0 Å². The second kappa shape index (κ2) is 6.20. The molecule has 2 aromatic rings. The molecule has 5 heteroatoms. The molecule has 2 aromatic carbocycles. The van der Waals surface area contributed by atoms with Crippen LogP contribution in [0.3, 0.4) is 0 Å². The molecular weight excluding hydrogens is 292 g/mol. The molecule has 1 N–H and O–H groups in total. The Bertz CT molecular complexity index is 763. The van der Waals surface area contributed by atoms with Gasteiger partial charge in [-0.1, -0.05) is 42.5 Å². The van der Waals surface area contributed by atoms with Crippen LogP contribution in [0.4, 0.5) is 0 Å². The molecule has 23 heavy (non-hydrogen) atoms. The number of carbonyl (C=O) groups excluding carboxylic acids is 3. The van der Waals surface area contributed by atoms with Crippen LogP contribution >= 0.6 is 0 Å². The summed E-state index contributed by atoms with van der Waals surface area (Å²) in [6.07, 6.45) is 0.399. The zero-order valence-corrected chi connectivity index (χ0v) is 12.9. The monoisotopic (exact) mass is 310 g/mol. The number of nitrogens with one attached hydrogen (secondary N) is 1. The number of nitrogens with zero attached hydrogens (tertiary/aromatic N) is 1. The Labute approximate surface area is 134 Å². The Kier molecular flexibility index (Phi) is 4.10. The summed E-state index contributed by atoms with van der Waals surface area (Å²) in [5, 5.41) is 5.06. The second-order valence-corrected chi connectivity index (χ2v) is 5.73. The molecule has 0 unspecified atom stereocenters. The van der Waals surface area contributed by atoms with Crippen LogP contribution in [0.2, 0.25) is 0 Å². The molecule has 0 spiro atoms. The standard InChI is InChI=1S/C18H18N2O3/c1-12(14-8-4-6-13-5-2-3-7-15(13)14)19-16(21)11-20-17(22)9-10-18(20)23/h2-8,12H,9-11H2,1H3,(H,19,21)/t12-/m0/s1. The van der Waals surface area contributed by atoms with Crippen molar-refractivity contribution in [3.05, 3.63) is 48.0 Å². The molecule has 1 fully saturated rings. The van der Waals surface area contributed by atoms with Gasteiger partial charge in [0.25, 0.3) is 0 Å². The van der Waals surface area contributed by atoms with Gasteiger partial charge in [-0.15, -0.1) is 0 Å². The van der Waals surface area contributed by atoms with E-state index in [1.807, 2.05) is 49.4 Å². The van der Waals surface area contributed by atoms with Crippen molar-refractivity contribution < 1.29 is 14.4 Å². The van der Waals surface area contributed by atoms with Crippen LogP contribution in [0.15, 0.2) is 42.5 Å². The number of imide groups is 1. The van der Waals surface area contributed by atoms with Gasteiger partial charge in [-0.3, -0.25) is 19.3 Å². The minimum Gasteiger partial charge on any atom is -0.348 e. The molecule has 1 aliphatic rings. The quantitative estimate of drug-likeness (QED) is 0.880. The summed E-state index contributed by atoms with van der Waals surface area (Å²) in [6, 6.07) is 13.7. The van der Waals surface area contributed by atoms with E-state index >= 15 is 0 Å². The second-order valence-electron chi connectivity index (χ2n) is 5.73. The summed E-state index contributed by atoms with van der Waals surface area (Å²) in [4.78, 5) is 36.3. The van der Waals surface area contributed by atoms with E-state index < -0.39 is 0 Å². The first-order valence-electron chi connectivity index (χ1n) is 7.66. The van der Waals surface area contributed by atoms with Gasteiger partial charge in [0.1, 0.15) is 6.54 Å². The number of amides is 3. The van der Waals surface area contributed by atoms with Crippen molar-refractivity contribution in [2.45, 2.75) is 25.8 Å². The van der Waals surface area contributed by atoms with Crippen LogP contribution in [-0.4, -0.2) is 29.2 Å². The van der Waals surface area contributed by atoms with E-state index in [1.54, 1.807) is 0 Å². The Morgan fingerprint density at radius 3 is 2.48 bits per heavy atom. The van der Waals surface area contributed by atoms with Gasteiger partial charge in [-0.25, -0.2) is 0 Å². The highest BCUT2D eigenvalue weighted by molar-refractivity contribution is 6.04. The maximum absolute atomic E-state index is 12.2. The third-order valence-corrected chi connectivity index (χ3v) is 4.12. The average Bonchev–Trinajstić information content (AvgIpc) is 2.86. The van der Waals surface area contributed by atoms with Gasteiger partial charge in [-0.2, -0.15) is 0 Å². The van der Waals surface area contributed by atoms with E-state index in [0.717, 1.165) is 21.2 Å². The molecule has 3 rings (SSSR count). The number of rotatable bonds is 4. The van der Waals surface area contributed by atoms with Crippen molar-refractivity contribution in [3.63, 3.8) is 0 Å². The molecule has 1 heterocycles. The molecule has 0 saturated carbocycles. The lowest BCUT2D eigenvalue weighted by Gasteiger charge is -2.19. The molecule has 0 radical (unpaired) electrons. The first-order valence-corrected chi connectivity index (χ1v) is 7.66. The fourth-order valence-corrected chi connectivity index (χ4v) is 2.94. The fraction of sp³-hybridized carbons (Fsp3) is 0.278. The van der Waals surface area contributed by atoms with E-state index in [4.69, 9.17) is 0 Å².